The van der Waals surface area contributed by atoms with Gasteiger partial charge in [-0.2, -0.15) is 18.4 Å². The first-order valence-corrected chi connectivity index (χ1v) is 7.01. The zero-order valence-electron chi connectivity index (χ0n) is 11.9. The van der Waals surface area contributed by atoms with Gasteiger partial charge in [-0.1, -0.05) is 6.92 Å². The minimum atomic E-state index is -4.49. The molecule has 1 atom stereocenters. The standard InChI is InChI=1S/C15H18F3N3/c1-2-21-6-5-11(10-21)9-20-13-3-4-14(15(16,17)18)12(7-13)8-19/h3-4,7,11,20H,2,5-6,9-10H2,1H3. The number of benzene rings is 1. The number of nitriles is 1. The summed E-state index contributed by atoms with van der Waals surface area (Å²) in [6.45, 7) is 5.93. The Labute approximate surface area is 122 Å². The van der Waals surface area contributed by atoms with Crippen LogP contribution in [0, 0.1) is 17.2 Å². The van der Waals surface area contributed by atoms with Crippen LogP contribution in [0.3, 0.4) is 0 Å². The van der Waals surface area contributed by atoms with Crippen LogP contribution < -0.4 is 5.32 Å². The van der Waals surface area contributed by atoms with E-state index in [4.69, 9.17) is 5.26 Å². The van der Waals surface area contributed by atoms with E-state index in [1.54, 1.807) is 6.07 Å². The molecule has 1 saturated heterocycles. The monoisotopic (exact) mass is 297 g/mol. The fraction of sp³-hybridized carbons (Fsp3) is 0.533. The summed E-state index contributed by atoms with van der Waals surface area (Å²) >= 11 is 0. The van der Waals surface area contributed by atoms with Gasteiger partial charge in [0.1, 0.15) is 0 Å². The molecule has 0 amide bonds. The summed E-state index contributed by atoms with van der Waals surface area (Å²) in [5, 5.41) is 12.0. The lowest BCUT2D eigenvalue weighted by molar-refractivity contribution is -0.137. The highest BCUT2D eigenvalue weighted by molar-refractivity contribution is 5.53. The molecular formula is C15H18F3N3. The van der Waals surface area contributed by atoms with Gasteiger partial charge in [0, 0.05) is 18.8 Å². The van der Waals surface area contributed by atoms with E-state index in [2.05, 4.69) is 17.1 Å². The third-order valence-electron chi connectivity index (χ3n) is 3.86. The Hall–Kier alpha value is -1.74. The second-order valence-electron chi connectivity index (χ2n) is 5.30. The zero-order chi connectivity index (χ0) is 15.5. The predicted molar refractivity (Wildman–Crippen MR) is 74.9 cm³/mol. The van der Waals surface area contributed by atoms with Gasteiger partial charge in [0.15, 0.2) is 0 Å². The molecular weight excluding hydrogens is 279 g/mol. The molecule has 0 bridgehead atoms. The molecule has 0 aliphatic carbocycles. The number of nitrogens with zero attached hydrogens (tertiary/aromatic N) is 2. The van der Waals surface area contributed by atoms with Gasteiger partial charge >= 0.3 is 6.18 Å². The van der Waals surface area contributed by atoms with E-state index in [1.807, 2.05) is 0 Å². The van der Waals surface area contributed by atoms with Crippen LogP contribution in [0.25, 0.3) is 0 Å². The summed E-state index contributed by atoms with van der Waals surface area (Å²) < 4.78 is 38.1. The molecule has 1 aliphatic heterocycles. The fourth-order valence-corrected chi connectivity index (χ4v) is 2.62. The van der Waals surface area contributed by atoms with Crippen LogP contribution in [-0.2, 0) is 6.18 Å². The molecule has 21 heavy (non-hydrogen) atoms. The van der Waals surface area contributed by atoms with Gasteiger partial charge < -0.3 is 10.2 Å². The smallest absolute Gasteiger partial charge is 0.385 e. The van der Waals surface area contributed by atoms with E-state index in [0.29, 0.717) is 18.2 Å². The maximum Gasteiger partial charge on any atom is 0.417 e. The Balaban J connectivity index is 2.01. The normalized spacial score (nSPS) is 19.5. The van der Waals surface area contributed by atoms with Gasteiger partial charge in [0.05, 0.1) is 17.2 Å². The minimum absolute atomic E-state index is 0.339. The van der Waals surface area contributed by atoms with E-state index < -0.39 is 11.7 Å². The number of anilines is 1. The van der Waals surface area contributed by atoms with Crippen LogP contribution >= 0.6 is 0 Å². The van der Waals surface area contributed by atoms with Gasteiger partial charge in [-0.05, 0) is 43.6 Å². The van der Waals surface area contributed by atoms with Crippen molar-refractivity contribution in [2.75, 3.05) is 31.5 Å². The highest BCUT2D eigenvalue weighted by Crippen LogP contribution is 2.33. The number of likely N-dealkylation sites (tertiary alicyclic amines) is 1. The number of alkyl halides is 3. The van der Waals surface area contributed by atoms with Gasteiger partial charge in [-0.3, -0.25) is 0 Å². The van der Waals surface area contributed by atoms with Crippen molar-refractivity contribution in [3.63, 3.8) is 0 Å². The first kappa shape index (κ1) is 15.6. The Morgan fingerprint density at radius 2 is 2.19 bits per heavy atom. The maximum atomic E-state index is 12.7. The third-order valence-corrected chi connectivity index (χ3v) is 3.86. The van der Waals surface area contributed by atoms with E-state index in [-0.39, 0.29) is 5.56 Å². The molecule has 1 N–H and O–H groups in total. The summed E-state index contributed by atoms with van der Waals surface area (Å²) in [7, 11) is 0. The molecule has 0 saturated carbocycles. The average molecular weight is 297 g/mol. The van der Waals surface area contributed by atoms with Crippen LogP contribution in [-0.4, -0.2) is 31.1 Å². The number of nitrogens with one attached hydrogen (secondary N) is 1. The molecule has 3 nitrogen and oxygen atoms in total. The number of halogens is 3. The molecule has 1 aliphatic rings. The van der Waals surface area contributed by atoms with E-state index in [9.17, 15) is 13.2 Å². The SMILES string of the molecule is CCN1CCC(CNc2ccc(C(F)(F)F)c(C#N)c2)C1. The third kappa shape index (κ3) is 3.88. The number of rotatable bonds is 4. The van der Waals surface area contributed by atoms with Crippen LogP contribution in [0.2, 0.25) is 0 Å². The Morgan fingerprint density at radius 3 is 2.76 bits per heavy atom. The molecule has 1 aromatic rings. The molecule has 0 radical (unpaired) electrons. The topological polar surface area (TPSA) is 39.1 Å². The largest absolute Gasteiger partial charge is 0.417 e. The highest BCUT2D eigenvalue weighted by atomic mass is 19.4. The van der Waals surface area contributed by atoms with Crippen molar-refractivity contribution in [1.29, 1.82) is 5.26 Å². The summed E-state index contributed by atoms with van der Waals surface area (Å²) in [6.07, 6.45) is -3.40. The lowest BCUT2D eigenvalue weighted by Crippen LogP contribution is -2.22. The van der Waals surface area contributed by atoms with Crippen molar-refractivity contribution in [2.45, 2.75) is 19.5 Å². The summed E-state index contributed by atoms with van der Waals surface area (Å²) in [6, 6.07) is 5.24. The van der Waals surface area contributed by atoms with Crippen LogP contribution in [0.5, 0.6) is 0 Å². The lowest BCUT2D eigenvalue weighted by atomic mass is 10.1. The number of hydrogen-bond acceptors (Lipinski definition) is 3. The molecule has 1 aromatic carbocycles. The Kier molecular flexibility index (Phi) is 4.73. The van der Waals surface area contributed by atoms with Crippen LogP contribution in [0.1, 0.15) is 24.5 Å². The van der Waals surface area contributed by atoms with E-state index in [1.165, 1.54) is 12.1 Å². The van der Waals surface area contributed by atoms with Crippen molar-refractivity contribution in [1.82, 2.24) is 4.90 Å². The predicted octanol–water partition coefficient (Wildman–Crippen LogP) is 3.33. The maximum absolute atomic E-state index is 12.7. The van der Waals surface area contributed by atoms with Crippen molar-refractivity contribution in [3.05, 3.63) is 29.3 Å². The van der Waals surface area contributed by atoms with Gasteiger partial charge in [-0.25, -0.2) is 0 Å². The molecule has 0 aromatic heterocycles. The number of hydrogen-bond donors (Lipinski definition) is 1. The van der Waals surface area contributed by atoms with E-state index >= 15 is 0 Å². The molecule has 1 heterocycles. The van der Waals surface area contributed by atoms with Crippen molar-refractivity contribution in [2.24, 2.45) is 5.92 Å². The second kappa shape index (κ2) is 6.35. The van der Waals surface area contributed by atoms with Crippen LogP contribution in [0.4, 0.5) is 18.9 Å². The summed E-state index contributed by atoms with van der Waals surface area (Å²) in [5.74, 6) is 0.498. The van der Waals surface area contributed by atoms with Gasteiger partial charge in [-0.15, -0.1) is 0 Å². The summed E-state index contributed by atoms with van der Waals surface area (Å²) in [4.78, 5) is 2.35. The Bertz CT molecular complexity index is 534. The average Bonchev–Trinajstić information content (AvgIpc) is 2.91. The first-order valence-electron chi connectivity index (χ1n) is 7.01. The molecule has 0 spiro atoms. The summed E-state index contributed by atoms with van der Waals surface area (Å²) in [5.41, 5.74) is -0.655. The molecule has 2 rings (SSSR count). The second-order valence-corrected chi connectivity index (χ2v) is 5.30. The van der Waals surface area contributed by atoms with E-state index in [0.717, 1.165) is 32.1 Å². The van der Waals surface area contributed by atoms with Gasteiger partial charge in [0.25, 0.3) is 0 Å². The molecule has 6 heteroatoms. The highest BCUT2D eigenvalue weighted by Gasteiger charge is 2.33. The molecule has 1 unspecified atom stereocenters. The minimum Gasteiger partial charge on any atom is -0.385 e. The molecule has 114 valence electrons. The van der Waals surface area contributed by atoms with Crippen molar-refractivity contribution in [3.8, 4) is 6.07 Å². The van der Waals surface area contributed by atoms with Crippen molar-refractivity contribution < 1.29 is 13.2 Å². The van der Waals surface area contributed by atoms with Crippen LogP contribution in [0.15, 0.2) is 18.2 Å². The van der Waals surface area contributed by atoms with Gasteiger partial charge in [0.2, 0.25) is 0 Å². The zero-order valence-corrected chi connectivity index (χ0v) is 11.9. The first-order chi connectivity index (χ1) is 9.94. The molecule has 1 fully saturated rings. The van der Waals surface area contributed by atoms with Crippen molar-refractivity contribution >= 4 is 5.69 Å². The fourth-order valence-electron chi connectivity index (χ4n) is 2.62. The quantitative estimate of drug-likeness (QED) is 0.926. The lowest BCUT2D eigenvalue weighted by Gasteiger charge is -2.15. The Morgan fingerprint density at radius 1 is 1.43 bits per heavy atom.